The average molecular weight is 515 g/mol. The van der Waals surface area contributed by atoms with Gasteiger partial charge >= 0.3 is 0 Å². The van der Waals surface area contributed by atoms with Crippen LogP contribution in [0.5, 0.6) is 0 Å². The van der Waals surface area contributed by atoms with Crippen LogP contribution in [-0.2, 0) is 4.74 Å². The van der Waals surface area contributed by atoms with E-state index < -0.39 is 24.5 Å². The fraction of sp³-hybridized carbons (Fsp3) is 0.560. The van der Waals surface area contributed by atoms with Crippen molar-refractivity contribution >= 4 is 28.7 Å². The largest absolute Gasteiger partial charge is 0.387 e. The molecule has 3 aliphatic heterocycles. The van der Waals surface area contributed by atoms with Gasteiger partial charge < -0.3 is 25.2 Å². The van der Waals surface area contributed by atoms with Gasteiger partial charge in [0.1, 0.15) is 24.4 Å². The Hall–Kier alpha value is -2.31. The van der Waals surface area contributed by atoms with Gasteiger partial charge in [-0.25, -0.2) is 19.3 Å². The quantitative estimate of drug-likeness (QED) is 0.428. The molecule has 3 aromatic rings. The van der Waals surface area contributed by atoms with Crippen LogP contribution in [0.25, 0.3) is 11.2 Å². The second kappa shape index (κ2) is 9.86. The van der Waals surface area contributed by atoms with Crippen LogP contribution in [0.4, 0.5) is 10.2 Å². The molecule has 2 bridgehead atoms. The summed E-state index contributed by atoms with van der Waals surface area (Å²) in [7, 11) is 2.23. The number of aliphatic hydroxyl groups excluding tert-OH is 2. The predicted octanol–water partition coefficient (Wildman–Crippen LogP) is 2.80. The van der Waals surface area contributed by atoms with Crippen molar-refractivity contribution in [3.05, 3.63) is 42.7 Å². The van der Waals surface area contributed by atoms with E-state index in [0.717, 1.165) is 12.8 Å². The fourth-order valence-electron chi connectivity index (χ4n) is 5.90. The van der Waals surface area contributed by atoms with Crippen molar-refractivity contribution in [3.63, 3.8) is 0 Å². The highest BCUT2D eigenvalue weighted by atomic mass is 32.2. The van der Waals surface area contributed by atoms with Crippen LogP contribution in [0.1, 0.15) is 38.3 Å². The Balaban J connectivity index is 1.18. The first kappa shape index (κ1) is 24.1. The maximum atomic E-state index is 14.0. The molecule has 6 rings (SSSR count). The summed E-state index contributed by atoms with van der Waals surface area (Å²) in [4.78, 5) is 16.4. The molecule has 3 N–H and O–H groups in total. The average Bonchev–Trinajstić information content (AvgIpc) is 3.41. The summed E-state index contributed by atoms with van der Waals surface area (Å²) < 4.78 is 21.7. The number of nitrogens with zero attached hydrogens (tertiary/aromatic N) is 5. The number of halogens is 1. The number of aliphatic hydroxyl groups is 2. The highest BCUT2D eigenvalue weighted by Gasteiger charge is 2.44. The lowest BCUT2D eigenvalue weighted by atomic mass is 9.82. The molecule has 3 aliphatic rings. The lowest BCUT2D eigenvalue weighted by Gasteiger charge is -2.47. The molecule has 2 aromatic heterocycles. The zero-order valence-corrected chi connectivity index (χ0v) is 20.9. The summed E-state index contributed by atoms with van der Waals surface area (Å²) in [6.45, 7) is 0. The molecule has 3 saturated heterocycles. The van der Waals surface area contributed by atoms with Crippen molar-refractivity contribution in [1.82, 2.24) is 24.4 Å². The maximum absolute atomic E-state index is 14.0. The van der Waals surface area contributed by atoms with Crippen LogP contribution in [0.2, 0.25) is 0 Å². The van der Waals surface area contributed by atoms with Gasteiger partial charge in [0.2, 0.25) is 0 Å². The Morgan fingerprint density at radius 1 is 1.11 bits per heavy atom. The number of piperidine rings is 2. The summed E-state index contributed by atoms with van der Waals surface area (Å²) in [6, 6.07) is 7.97. The summed E-state index contributed by atoms with van der Waals surface area (Å²) in [5, 5.41) is 25.0. The highest BCUT2D eigenvalue weighted by Crippen LogP contribution is 2.37. The number of thioether (sulfide) groups is 1. The monoisotopic (exact) mass is 514 g/mol. The molecule has 1 aromatic carbocycles. The van der Waals surface area contributed by atoms with Gasteiger partial charge in [-0.15, -0.1) is 11.8 Å². The second-order valence-corrected chi connectivity index (χ2v) is 11.1. The third kappa shape index (κ3) is 4.37. The van der Waals surface area contributed by atoms with Crippen molar-refractivity contribution in [1.29, 1.82) is 0 Å². The zero-order chi connectivity index (χ0) is 24.8. The van der Waals surface area contributed by atoms with Crippen molar-refractivity contribution in [2.75, 3.05) is 18.1 Å². The number of rotatable bonds is 6. The number of anilines is 1. The summed E-state index contributed by atoms with van der Waals surface area (Å²) in [5.41, 5.74) is 1.13. The highest BCUT2D eigenvalue weighted by molar-refractivity contribution is 7.99. The van der Waals surface area contributed by atoms with Gasteiger partial charge in [0.15, 0.2) is 23.2 Å². The van der Waals surface area contributed by atoms with Crippen LogP contribution >= 0.6 is 11.8 Å². The van der Waals surface area contributed by atoms with Crippen LogP contribution < -0.4 is 5.32 Å². The molecule has 5 heterocycles. The number of fused-ring (bicyclic) bond motifs is 3. The molecule has 3 fully saturated rings. The first-order valence-electron chi connectivity index (χ1n) is 12.5. The molecule has 7 atom stereocenters. The summed E-state index contributed by atoms with van der Waals surface area (Å²) in [6.07, 6.45) is 5.12. The third-order valence-corrected chi connectivity index (χ3v) is 9.03. The molecule has 0 spiro atoms. The molecule has 0 aliphatic carbocycles. The predicted molar refractivity (Wildman–Crippen MR) is 134 cm³/mol. The second-order valence-electron chi connectivity index (χ2n) is 10.1. The number of ether oxygens (including phenoxy) is 1. The Bertz CT molecular complexity index is 1220. The lowest BCUT2D eigenvalue weighted by molar-refractivity contribution is -0.0289. The minimum absolute atomic E-state index is 0.294. The van der Waals surface area contributed by atoms with E-state index in [-0.39, 0.29) is 5.82 Å². The van der Waals surface area contributed by atoms with E-state index in [4.69, 9.17) is 4.74 Å². The first-order valence-corrected chi connectivity index (χ1v) is 13.5. The van der Waals surface area contributed by atoms with Crippen LogP contribution in [0.3, 0.4) is 0 Å². The van der Waals surface area contributed by atoms with Gasteiger partial charge in [0.05, 0.1) is 12.4 Å². The lowest BCUT2D eigenvalue weighted by Crippen LogP contribution is -2.52. The number of nitrogens with one attached hydrogen (secondary N) is 1. The number of aromatic nitrogens is 4. The van der Waals surface area contributed by atoms with Crippen molar-refractivity contribution in [2.24, 2.45) is 0 Å². The Morgan fingerprint density at radius 2 is 1.89 bits per heavy atom. The van der Waals surface area contributed by atoms with E-state index in [9.17, 15) is 14.6 Å². The molecule has 192 valence electrons. The topological polar surface area (TPSA) is 109 Å². The molecule has 11 heteroatoms. The Kier molecular flexibility index (Phi) is 6.59. The van der Waals surface area contributed by atoms with Gasteiger partial charge in [-0.3, -0.25) is 4.57 Å². The fourth-order valence-corrected chi connectivity index (χ4v) is 6.90. The maximum Gasteiger partial charge on any atom is 0.167 e. The van der Waals surface area contributed by atoms with Crippen molar-refractivity contribution in [3.8, 4) is 0 Å². The first-order chi connectivity index (χ1) is 17.5. The Morgan fingerprint density at radius 3 is 2.67 bits per heavy atom. The van der Waals surface area contributed by atoms with Crippen molar-refractivity contribution < 1.29 is 19.3 Å². The molecule has 36 heavy (non-hydrogen) atoms. The van der Waals surface area contributed by atoms with Gasteiger partial charge in [-0.05, 0) is 44.9 Å². The minimum atomic E-state index is -1.17. The molecule has 0 radical (unpaired) electrons. The number of hydrogen-bond acceptors (Lipinski definition) is 9. The van der Waals surface area contributed by atoms with E-state index in [2.05, 4.69) is 32.2 Å². The van der Waals surface area contributed by atoms with Gasteiger partial charge in [-0.1, -0.05) is 18.6 Å². The number of imidazole rings is 1. The molecular formula is C25H31FN6O3S. The molecule has 9 nitrogen and oxygen atoms in total. The summed E-state index contributed by atoms with van der Waals surface area (Å²) >= 11 is 1.25. The van der Waals surface area contributed by atoms with Crippen LogP contribution in [0, 0.1) is 5.82 Å². The van der Waals surface area contributed by atoms with Crippen LogP contribution in [-0.4, -0.2) is 83.9 Å². The SMILES string of the molecule is CN1[C@@H]2CCC[C@H]1CC(Nc1ncnc3c1ncn3[C@@H]1O[C@H](CSc3ccccc3F)[C@@H](O)[C@H]1O)C2. The third-order valence-electron chi connectivity index (χ3n) is 7.89. The standard InChI is InChI=1S/C25H31FN6O3S/c1-31-15-5-4-6-16(31)10-14(9-15)30-23-20-24(28-12-27-23)32(13-29-20)25-22(34)21(33)18(35-25)11-36-19-8-3-2-7-17(19)26/h2-3,7-8,12-16,18,21-22,25,33-34H,4-6,9-11H2,1H3,(H,27,28,30)/t14?,15-,16+,18-,21-,22-,25-/m1/s1. The Labute approximate surface area is 213 Å². The number of benzene rings is 1. The van der Waals surface area contributed by atoms with Gasteiger partial charge in [-0.2, -0.15) is 0 Å². The summed E-state index contributed by atoms with van der Waals surface area (Å²) in [5.74, 6) is 0.645. The van der Waals surface area contributed by atoms with Crippen molar-refractivity contribution in [2.45, 2.75) is 79.7 Å². The van der Waals surface area contributed by atoms with E-state index in [1.807, 2.05) is 0 Å². The zero-order valence-electron chi connectivity index (χ0n) is 20.1. The van der Waals surface area contributed by atoms with Crippen LogP contribution in [0.15, 0.2) is 41.8 Å². The normalized spacial score (nSPS) is 32.7. The van der Waals surface area contributed by atoms with E-state index >= 15 is 0 Å². The molecule has 0 amide bonds. The van der Waals surface area contributed by atoms with Gasteiger partial charge in [0, 0.05) is 28.8 Å². The van der Waals surface area contributed by atoms with E-state index in [0.29, 0.717) is 45.8 Å². The molecule has 0 saturated carbocycles. The van der Waals surface area contributed by atoms with E-state index in [1.165, 1.54) is 43.4 Å². The minimum Gasteiger partial charge on any atom is -0.387 e. The smallest absolute Gasteiger partial charge is 0.167 e. The molecular weight excluding hydrogens is 483 g/mol. The van der Waals surface area contributed by atoms with E-state index in [1.54, 1.807) is 29.1 Å². The molecule has 1 unspecified atom stereocenters. The number of hydrogen-bond donors (Lipinski definition) is 3. The van der Waals surface area contributed by atoms with Gasteiger partial charge in [0.25, 0.3) is 0 Å².